The van der Waals surface area contributed by atoms with E-state index in [1.807, 2.05) is 0 Å². The van der Waals surface area contributed by atoms with E-state index >= 15 is 0 Å². The van der Waals surface area contributed by atoms with Gasteiger partial charge in [0.25, 0.3) is 5.56 Å². The van der Waals surface area contributed by atoms with Crippen LogP contribution in [-0.4, -0.2) is 39.6 Å². The summed E-state index contributed by atoms with van der Waals surface area (Å²) >= 11 is 1.67. The first kappa shape index (κ1) is 22.5. The quantitative estimate of drug-likeness (QED) is 0.595. The Morgan fingerprint density at radius 1 is 1.16 bits per heavy atom. The van der Waals surface area contributed by atoms with Crippen molar-refractivity contribution in [2.24, 2.45) is 5.92 Å². The molecule has 0 N–H and O–H groups in total. The average molecular weight is 446 g/mol. The molecule has 0 amide bonds. The summed E-state index contributed by atoms with van der Waals surface area (Å²) in [6.07, 6.45) is 8.27. The summed E-state index contributed by atoms with van der Waals surface area (Å²) < 4.78 is 7.37. The molecule has 0 unspecified atom stereocenters. The van der Waals surface area contributed by atoms with E-state index in [0.717, 1.165) is 68.3 Å². The second-order valence-electron chi connectivity index (χ2n) is 9.14. The molecule has 0 atom stereocenters. The minimum absolute atomic E-state index is 0.0174. The topological polar surface area (TPSA) is 64.4 Å². The van der Waals surface area contributed by atoms with Gasteiger partial charge >= 0.3 is 5.97 Å². The predicted molar refractivity (Wildman–Crippen MR) is 125 cm³/mol. The molecular weight excluding hydrogens is 410 g/mol. The molecule has 0 radical (unpaired) electrons. The lowest BCUT2D eigenvalue weighted by molar-refractivity contribution is -0.151. The highest BCUT2D eigenvalue weighted by molar-refractivity contribution is 7.18. The minimum atomic E-state index is -0.312. The third-order valence-electron chi connectivity index (χ3n) is 6.96. The normalized spacial score (nSPS) is 21.4. The summed E-state index contributed by atoms with van der Waals surface area (Å²) in [6.45, 7) is 8.72. The van der Waals surface area contributed by atoms with Crippen LogP contribution in [-0.2, 0) is 35.5 Å². The van der Waals surface area contributed by atoms with E-state index in [1.165, 1.54) is 16.9 Å². The molecule has 2 aliphatic carbocycles. The SMILES string of the molecule is CCN(CC)Cc1nc2sc3c(c2c(=O)n1CC(=O)OC1CCC(C)CC1)CCCC3. The van der Waals surface area contributed by atoms with Crippen molar-refractivity contribution in [2.45, 2.75) is 91.3 Å². The number of ether oxygens (including phenoxy) is 1. The van der Waals surface area contributed by atoms with Gasteiger partial charge in [-0.3, -0.25) is 19.1 Å². The van der Waals surface area contributed by atoms with Gasteiger partial charge in [0.2, 0.25) is 0 Å². The monoisotopic (exact) mass is 445 g/mol. The third-order valence-corrected chi connectivity index (χ3v) is 8.15. The molecule has 0 aliphatic heterocycles. The first-order valence-corrected chi connectivity index (χ1v) is 12.8. The molecule has 0 aromatic carbocycles. The molecule has 2 aliphatic rings. The van der Waals surface area contributed by atoms with Gasteiger partial charge < -0.3 is 4.74 Å². The van der Waals surface area contributed by atoms with Gasteiger partial charge in [0.05, 0.1) is 11.9 Å². The molecule has 0 bridgehead atoms. The highest BCUT2D eigenvalue weighted by atomic mass is 32.1. The van der Waals surface area contributed by atoms with Crippen molar-refractivity contribution in [3.8, 4) is 0 Å². The summed E-state index contributed by atoms with van der Waals surface area (Å²) in [5, 5.41) is 0.738. The van der Waals surface area contributed by atoms with Crippen LogP contribution in [0.5, 0.6) is 0 Å². The van der Waals surface area contributed by atoms with E-state index in [2.05, 4.69) is 25.7 Å². The zero-order valence-corrected chi connectivity index (χ0v) is 19.9. The number of carbonyl (C=O) groups is 1. The predicted octanol–water partition coefficient (Wildman–Crippen LogP) is 4.30. The molecule has 31 heavy (non-hydrogen) atoms. The van der Waals surface area contributed by atoms with Crippen LogP contribution in [0.2, 0.25) is 0 Å². The Hall–Kier alpha value is -1.73. The summed E-state index contributed by atoms with van der Waals surface area (Å²) in [6, 6.07) is 0. The first-order valence-electron chi connectivity index (χ1n) is 12.0. The largest absolute Gasteiger partial charge is 0.461 e. The second-order valence-corrected chi connectivity index (χ2v) is 10.2. The fourth-order valence-corrected chi connectivity index (χ4v) is 6.18. The third kappa shape index (κ3) is 4.87. The molecule has 0 spiro atoms. The molecule has 6 nitrogen and oxygen atoms in total. The first-order chi connectivity index (χ1) is 15.0. The Balaban J connectivity index is 1.66. The van der Waals surface area contributed by atoms with Crippen LogP contribution in [0.1, 0.15) is 75.6 Å². The van der Waals surface area contributed by atoms with Gasteiger partial charge in [-0.1, -0.05) is 20.8 Å². The smallest absolute Gasteiger partial charge is 0.326 e. The molecule has 170 valence electrons. The molecular formula is C24H35N3O3S. The average Bonchev–Trinajstić information content (AvgIpc) is 3.14. The number of thiophene rings is 1. The summed E-state index contributed by atoms with van der Waals surface area (Å²) in [4.78, 5) is 35.7. The number of rotatable bonds is 7. The Labute approximate surface area is 188 Å². The van der Waals surface area contributed by atoms with E-state index < -0.39 is 0 Å². The maximum atomic E-state index is 13.6. The van der Waals surface area contributed by atoms with Crippen LogP contribution in [0.4, 0.5) is 0 Å². The highest BCUT2D eigenvalue weighted by Gasteiger charge is 2.25. The number of hydrogen-bond donors (Lipinski definition) is 0. The van der Waals surface area contributed by atoms with E-state index in [0.29, 0.717) is 18.3 Å². The van der Waals surface area contributed by atoms with E-state index in [9.17, 15) is 9.59 Å². The number of nitrogens with zero attached hydrogens (tertiary/aromatic N) is 3. The highest BCUT2D eigenvalue weighted by Crippen LogP contribution is 2.34. The van der Waals surface area contributed by atoms with Crippen LogP contribution < -0.4 is 5.56 Å². The molecule has 4 rings (SSSR count). The van der Waals surface area contributed by atoms with Crippen molar-refractivity contribution in [1.29, 1.82) is 0 Å². The number of hydrogen-bond acceptors (Lipinski definition) is 6. The van der Waals surface area contributed by atoms with E-state index in [4.69, 9.17) is 9.72 Å². The van der Waals surface area contributed by atoms with Crippen molar-refractivity contribution in [2.75, 3.05) is 13.1 Å². The van der Waals surface area contributed by atoms with Crippen molar-refractivity contribution in [3.05, 3.63) is 26.6 Å². The molecule has 1 fully saturated rings. The Bertz CT molecular complexity index is 984. The number of carbonyl (C=O) groups excluding carboxylic acids is 1. The molecule has 7 heteroatoms. The lowest BCUT2D eigenvalue weighted by atomic mass is 9.89. The van der Waals surface area contributed by atoms with Crippen LogP contribution in [0.3, 0.4) is 0 Å². The molecule has 2 heterocycles. The summed E-state index contributed by atoms with van der Waals surface area (Å²) in [7, 11) is 0. The minimum Gasteiger partial charge on any atom is -0.461 e. The van der Waals surface area contributed by atoms with E-state index in [-0.39, 0.29) is 24.2 Å². The van der Waals surface area contributed by atoms with Gasteiger partial charge in [-0.15, -0.1) is 11.3 Å². The standard InChI is InChI=1S/C24H35N3O3S/c1-4-26(5-2)14-20-25-23-22(18-8-6-7-9-19(18)31-23)24(29)27(20)15-21(28)30-17-12-10-16(3)11-13-17/h16-17H,4-15H2,1-3H3. The van der Waals surface area contributed by atoms with Gasteiger partial charge in [0.1, 0.15) is 23.3 Å². The Kier molecular flexibility index (Phi) is 7.12. The van der Waals surface area contributed by atoms with Crippen molar-refractivity contribution >= 4 is 27.5 Å². The fraction of sp³-hybridized carbons (Fsp3) is 0.708. The Morgan fingerprint density at radius 3 is 2.58 bits per heavy atom. The van der Waals surface area contributed by atoms with Gasteiger partial charge in [-0.05, 0) is 75.9 Å². The molecule has 2 aromatic heterocycles. The van der Waals surface area contributed by atoms with Crippen LogP contribution in [0, 0.1) is 5.92 Å². The lowest BCUT2D eigenvalue weighted by Crippen LogP contribution is -2.34. The van der Waals surface area contributed by atoms with Gasteiger partial charge in [0, 0.05) is 4.88 Å². The molecule has 2 aromatic rings. The van der Waals surface area contributed by atoms with Crippen molar-refractivity contribution in [1.82, 2.24) is 14.5 Å². The zero-order valence-electron chi connectivity index (χ0n) is 19.1. The summed E-state index contributed by atoms with van der Waals surface area (Å²) in [5.74, 6) is 1.07. The molecule has 0 saturated heterocycles. The molecule has 1 saturated carbocycles. The number of aromatic nitrogens is 2. The lowest BCUT2D eigenvalue weighted by Gasteiger charge is -2.26. The number of aryl methyl sites for hydroxylation is 2. The number of fused-ring (bicyclic) bond motifs is 3. The van der Waals surface area contributed by atoms with Gasteiger partial charge in [0.15, 0.2) is 0 Å². The fourth-order valence-electron chi connectivity index (χ4n) is 4.91. The van der Waals surface area contributed by atoms with Gasteiger partial charge in [-0.25, -0.2) is 4.98 Å². The maximum Gasteiger partial charge on any atom is 0.326 e. The summed E-state index contributed by atoms with van der Waals surface area (Å²) in [5.41, 5.74) is 1.10. The van der Waals surface area contributed by atoms with Crippen LogP contribution in [0.25, 0.3) is 10.2 Å². The van der Waals surface area contributed by atoms with Crippen molar-refractivity contribution < 1.29 is 9.53 Å². The van der Waals surface area contributed by atoms with Gasteiger partial charge in [-0.2, -0.15) is 0 Å². The van der Waals surface area contributed by atoms with Crippen LogP contribution in [0.15, 0.2) is 4.79 Å². The van der Waals surface area contributed by atoms with E-state index in [1.54, 1.807) is 15.9 Å². The Morgan fingerprint density at radius 2 is 1.87 bits per heavy atom. The van der Waals surface area contributed by atoms with Crippen LogP contribution >= 0.6 is 11.3 Å². The maximum absolute atomic E-state index is 13.6. The zero-order chi connectivity index (χ0) is 22.0. The van der Waals surface area contributed by atoms with Crippen molar-refractivity contribution in [3.63, 3.8) is 0 Å². The number of esters is 1. The second kappa shape index (κ2) is 9.82.